The fourth-order valence-electron chi connectivity index (χ4n) is 5.49. The summed E-state index contributed by atoms with van der Waals surface area (Å²) in [6.07, 6.45) is 1.06. The molecule has 0 unspecified atom stereocenters. The summed E-state index contributed by atoms with van der Waals surface area (Å²) in [4.78, 5) is 36.6. The maximum Gasteiger partial charge on any atom is 0.410 e. The summed E-state index contributed by atoms with van der Waals surface area (Å²) in [5.74, 6) is 0.176. The van der Waals surface area contributed by atoms with Crippen LogP contribution >= 0.6 is 11.6 Å². The highest BCUT2D eigenvalue weighted by Gasteiger charge is 2.50. The quantitative estimate of drug-likeness (QED) is 0.197. The molecule has 3 heterocycles. The fourth-order valence-corrected chi connectivity index (χ4v) is 5.65. The summed E-state index contributed by atoms with van der Waals surface area (Å²) >= 11 is 6.00. The van der Waals surface area contributed by atoms with Crippen LogP contribution in [-0.2, 0) is 10.3 Å². The van der Waals surface area contributed by atoms with Crippen molar-refractivity contribution in [2.45, 2.75) is 51.9 Å². The number of carbonyl (C=O) groups is 1. The van der Waals surface area contributed by atoms with E-state index in [1.807, 2.05) is 4.90 Å². The number of nitro groups is 1. The normalized spacial score (nSPS) is 17.8. The molecule has 2 aromatic carbocycles. The number of nitrogens with zero attached hydrogens (tertiary/aromatic N) is 5. The van der Waals surface area contributed by atoms with Crippen LogP contribution in [0.2, 0.25) is 5.02 Å². The zero-order chi connectivity index (χ0) is 32.8. The first-order valence-corrected chi connectivity index (χ1v) is 14.6. The number of amides is 1. The molecule has 240 valence electrons. The van der Waals surface area contributed by atoms with Gasteiger partial charge in [-0.3, -0.25) is 10.1 Å². The number of benzene rings is 2. The highest BCUT2D eigenvalue weighted by molar-refractivity contribution is 6.31. The molecule has 13 nitrogen and oxygen atoms in total. The van der Waals surface area contributed by atoms with Crippen molar-refractivity contribution in [1.82, 2.24) is 14.9 Å². The number of hydrogen-bond donors (Lipinski definition) is 3. The molecule has 1 amide bonds. The van der Waals surface area contributed by atoms with E-state index in [0.717, 1.165) is 6.07 Å². The standard InChI is InChI=1S/C30H35ClFN7O6/c1-29(2,3)45-28(40)38-14-16-13-37(15-24(16)38)22-12-25(44-6)21(11-23(22)39(42)43)35-27-33-8-7-26(36-27)34-20-10-18(31)19(32)9-17(20)30(4,5)41/h7-12,16,24,41H,13-15H2,1-6H3,(H2,33,34,35,36)/t16-,24-/m0/s1. The number of hydrogen-bond acceptors (Lipinski definition) is 11. The van der Waals surface area contributed by atoms with Crippen molar-refractivity contribution in [3.63, 3.8) is 0 Å². The van der Waals surface area contributed by atoms with Gasteiger partial charge in [-0.1, -0.05) is 11.6 Å². The van der Waals surface area contributed by atoms with Crippen LogP contribution in [0.1, 0.15) is 40.2 Å². The van der Waals surface area contributed by atoms with E-state index in [9.17, 15) is 24.4 Å². The molecule has 0 bridgehead atoms. The lowest BCUT2D eigenvalue weighted by molar-refractivity contribution is -0.384. The van der Waals surface area contributed by atoms with E-state index in [1.54, 1.807) is 37.8 Å². The van der Waals surface area contributed by atoms with Gasteiger partial charge in [0.05, 0.1) is 34.4 Å². The zero-order valence-corrected chi connectivity index (χ0v) is 26.5. The average molecular weight is 644 g/mol. The van der Waals surface area contributed by atoms with Crippen molar-refractivity contribution in [3.8, 4) is 5.75 Å². The van der Waals surface area contributed by atoms with Gasteiger partial charge in [0.15, 0.2) is 0 Å². The van der Waals surface area contributed by atoms with Crippen molar-refractivity contribution in [1.29, 1.82) is 0 Å². The van der Waals surface area contributed by atoms with Crippen molar-refractivity contribution in [2.24, 2.45) is 5.92 Å². The Kier molecular flexibility index (Phi) is 8.40. The third-order valence-corrected chi connectivity index (χ3v) is 7.87. The predicted molar refractivity (Wildman–Crippen MR) is 167 cm³/mol. The van der Waals surface area contributed by atoms with Crippen LogP contribution in [-0.4, -0.2) is 69.4 Å². The van der Waals surface area contributed by atoms with Gasteiger partial charge in [-0.15, -0.1) is 0 Å². The maximum absolute atomic E-state index is 14.2. The number of methoxy groups -OCH3 is 1. The molecule has 45 heavy (non-hydrogen) atoms. The van der Waals surface area contributed by atoms with Gasteiger partial charge in [0.2, 0.25) is 5.95 Å². The molecule has 2 fully saturated rings. The molecule has 2 saturated heterocycles. The molecular weight excluding hydrogens is 609 g/mol. The third kappa shape index (κ3) is 6.81. The lowest BCUT2D eigenvalue weighted by Crippen LogP contribution is -2.59. The van der Waals surface area contributed by atoms with Crippen molar-refractivity contribution < 1.29 is 28.7 Å². The van der Waals surface area contributed by atoms with Crippen LogP contribution in [0.15, 0.2) is 36.5 Å². The zero-order valence-electron chi connectivity index (χ0n) is 25.7. The molecule has 3 N–H and O–H groups in total. The Morgan fingerprint density at radius 3 is 2.51 bits per heavy atom. The Morgan fingerprint density at radius 2 is 1.87 bits per heavy atom. The van der Waals surface area contributed by atoms with Gasteiger partial charge in [0.25, 0.3) is 5.69 Å². The average Bonchev–Trinajstić information content (AvgIpc) is 3.24. The molecule has 0 radical (unpaired) electrons. The number of rotatable bonds is 8. The van der Waals surface area contributed by atoms with Crippen molar-refractivity contribution in [3.05, 3.63) is 63.0 Å². The largest absolute Gasteiger partial charge is 0.494 e. The van der Waals surface area contributed by atoms with Gasteiger partial charge < -0.3 is 35.0 Å². The summed E-state index contributed by atoms with van der Waals surface area (Å²) in [6.45, 7) is 9.92. The Labute approximate surface area is 264 Å². The summed E-state index contributed by atoms with van der Waals surface area (Å²) in [5, 5.41) is 28.7. The van der Waals surface area contributed by atoms with Crippen LogP contribution in [0.4, 0.5) is 43.7 Å². The second-order valence-electron chi connectivity index (χ2n) is 12.5. The van der Waals surface area contributed by atoms with Crippen LogP contribution in [0, 0.1) is 21.8 Å². The van der Waals surface area contributed by atoms with E-state index in [-0.39, 0.29) is 45.7 Å². The predicted octanol–water partition coefficient (Wildman–Crippen LogP) is 5.96. The number of anilines is 5. The number of halogens is 2. The van der Waals surface area contributed by atoms with E-state index in [4.69, 9.17) is 21.1 Å². The number of nitrogens with one attached hydrogen (secondary N) is 2. The molecule has 0 aliphatic carbocycles. The van der Waals surface area contributed by atoms with Gasteiger partial charge in [-0.2, -0.15) is 4.98 Å². The van der Waals surface area contributed by atoms with E-state index < -0.39 is 28.0 Å². The molecule has 2 atom stereocenters. The number of carbonyl (C=O) groups excluding carboxylic acids is 1. The number of fused-ring (bicyclic) bond motifs is 1. The van der Waals surface area contributed by atoms with E-state index >= 15 is 0 Å². The van der Waals surface area contributed by atoms with Crippen LogP contribution in [0.3, 0.4) is 0 Å². The third-order valence-electron chi connectivity index (χ3n) is 7.58. The Hall–Kier alpha value is -4.43. The Bertz CT molecular complexity index is 1640. The summed E-state index contributed by atoms with van der Waals surface area (Å²) in [7, 11) is 1.45. The fraction of sp³-hybridized carbons (Fsp3) is 0.433. The molecular formula is C30H35ClFN7O6. The summed E-state index contributed by atoms with van der Waals surface area (Å²) in [6, 6.07) is 6.89. The minimum Gasteiger partial charge on any atom is -0.494 e. The van der Waals surface area contributed by atoms with Gasteiger partial charge in [0, 0.05) is 55.1 Å². The Morgan fingerprint density at radius 1 is 1.13 bits per heavy atom. The molecule has 0 saturated carbocycles. The first-order chi connectivity index (χ1) is 21.0. The molecule has 2 aliphatic rings. The van der Waals surface area contributed by atoms with E-state index in [2.05, 4.69) is 20.6 Å². The molecule has 5 rings (SSSR count). The Balaban J connectivity index is 1.38. The monoisotopic (exact) mass is 643 g/mol. The van der Waals surface area contributed by atoms with Crippen LogP contribution < -0.4 is 20.3 Å². The van der Waals surface area contributed by atoms with Crippen LogP contribution in [0.5, 0.6) is 5.75 Å². The number of likely N-dealkylation sites (tertiary alicyclic amines) is 1. The maximum atomic E-state index is 14.2. The minimum atomic E-state index is -1.39. The van der Waals surface area contributed by atoms with Crippen LogP contribution in [0.25, 0.3) is 0 Å². The highest BCUT2D eigenvalue weighted by Crippen LogP contribution is 2.44. The van der Waals surface area contributed by atoms with Gasteiger partial charge in [-0.25, -0.2) is 14.2 Å². The molecule has 15 heteroatoms. The minimum absolute atomic E-state index is 0.0885. The lowest BCUT2D eigenvalue weighted by Gasteiger charge is -2.43. The number of nitro benzene ring substituents is 1. The smallest absolute Gasteiger partial charge is 0.410 e. The molecule has 2 aliphatic heterocycles. The SMILES string of the molecule is COc1cc(N2C[C@H]3CN(C(=O)OC(C)(C)C)[C@H]3C2)c([N+](=O)[O-])cc1Nc1nccc(Nc2cc(Cl)c(F)cc2C(C)(C)O)n1. The van der Waals surface area contributed by atoms with Gasteiger partial charge >= 0.3 is 6.09 Å². The van der Waals surface area contributed by atoms with Gasteiger partial charge in [0.1, 0.15) is 28.7 Å². The molecule has 1 aromatic heterocycles. The first kappa shape index (κ1) is 32.0. The second-order valence-corrected chi connectivity index (χ2v) is 13.0. The topological polar surface area (TPSA) is 155 Å². The first-order valence-electron chi connectivity index (χ1n) is 14.2. The van der Waals surface area contributed by atoms with Crippen molar-refractivity contribution >= 4 is 52.2 Å². The number of aliphatic hydroxyl groups is 1. The molecule has 3 aromatic rings. The van der Waals surface area contributed by atoms with Crippen molar-refractivity contribution in [2.75, 3.05) is 42.3 Å². The molecule has 0 spiro atoms. The van der Waals surface area contributed by atoms with Gasteiger partial charge in [-0.05, 0) is 52.8 Å². The second kappa shape index (κ2) is 11.8. The highest BCUT2D eigenvalue weighted by atomic mass is 35.5. The summed E-state index contributed by atoms with van der Waals surface area (Å²) in [5.41, 5.74) is -0.958. The van der Waals surface area contributed by atoms with E-state index in [0.29, 0.717) is 36.8 Å². The summed E-state index contributed by atoms with van der Waals surface area (Å²) < 4.78 is 25.3. The lowest BCUT2D eigenvalue weighted by atomic mass is 9.93. The number of aromatic nitrogens is 2. The number of ether oxygens (including phenoxy) is 2. The van der Waals surface area contributed by atoms with E-state index in [1.165, 1.54) is 39.3 Å².